The molecule has 1 fully saturated rings. The fourth-order valence-electron chi connectivity index (χ4n) is 0.840. The van der Waals surface area contributed by atoms with Crippen molar-refractivity contribution in [3.8, 4) is 0 Å². The molecular formula is C8H9F3O2S2. The van der Waals surface area contributed by atoms with Gasteiger partial charge < -0.3 is 4.74 Å². The van der Waals surface area contributed by atoms with Crippen LogP contribution in [-0.2, 0) is 9.53 Å². The van der Waals surface area contributed by atoms with Gasteiger partial charge in [-0.3, -0.25) is 0 Å². The van der Waals surface area contributed by atoms with Crippen molar-refractivity contribution in [3.05, 3.63) is 12.2 Å². The number of hydrogen-bond acceptors (Lipinski definition) is 4. The number of carbonyl (C=O) groups is 1. The fraction of sp³-hybridized carbons (Fsp3) is 0.625. The van der Waals surface area contributed by atoms with E-state index in [4.69, 9.17) is 0 Å². The van der Waals surface area contributed by atoms with Gasteiger partial charge in [0.2, 0.25) is 0 Å². The first-order chi connectivity index (χ1) is 6.91. The molecule has 1 aliphatic heterocycles. The predicted molar refractivity (Wildman–Crippen MR) is 54.9 cm³/mol. The van der Waals surface area contributed by atoms with Gasteiger partial charge in [-0.15, -0.1) is 11.8 Å². The van der Waals surface area contributed by atoms with E-state index < -0.39 is 23.2 Å². The van der Waals surface area contributed by atoms with Crippen LogP contribution < -0.4 is 0 Å². The van der Waals surface area contributed by atoms with Gasteiger partial charge in [0.1, 0.15) is 5.57 Å². The van der Waals surface area contributed by atoms with E-state index >= 15 is 0 Å². The van der Waals surface area contributed by atoms with Crippen LogP contribution >= 0.6 is 23.5 Å². The molecule has 0 saturated carbocycles. The number of esters is 1. The van der Waals surface area contributed by atoms with Gasteiger partial charge in [0.05, 0.1) is 0 Å². The number of rotatable bonds is 2. The Kier molecular flexibility index (Phi) is 4.39. The van der Waals surface area contributed by atoms with Crippen LogP contribution in [0, 0.1) is 0 Å². The lowest BCUT2D eigenvalue weighted by molar-refractivity contribution is -0.151. The molecule has 2 nitrogen and oxygen atoms in total. The lowest BCUT2D eigenvalue weighted by Crippen LogP contribution is -2.27. The Morgan fingerprint density at radius 1 is 1.40 bits per heavy atom. The monoisotopic (exact) mass is 258 g/mol. The van der Waals surface area contributed by atoms with Crippen molar-refractivity contribution in [1.29, 1.82) is 0 Å². The minimum atomic E-state index is -4.70. The minimum absolute atomic E-state index is 0.490. The molecule has 0 aromatic carbocycles. The summed E-state index contributed by atoms with van der Waals surface area (Å²) < 4.78 is 40.8. The zero-order valence-corrected chi connectivity index (χ0v) is 9.31. The number of hydrogen-bond donors (Lipinski definition) is 0. The lowest BCUT2D eigenvalue weighted by Gasteiger charge is -2.21. The van der Waals surface area contributed by atoms with Crippen LogP contribution in [0.15, 0.2) is 12.2 Å². The Morgan fingerprint density at radius 2 is 2.07 bits per heavy atom. The number of carbonyl (C=O) groups excluding carboxylic acids is 1. The molecular weight excluding hydrogens is 249 g/mol. The Bertz CT molecular complexity index is 259. The molecule has 0 spiro atoms. The number of halogens is 3. The van der Waals surface area contributed by atoms with Gasteiger partial charge in [-0.25, -0.2) is 4.79 Å². The maximum absolute atomic E-state index is 12.0. The highest BCUT2D eigenvalue weighted by atomic mass is 32.2. The summed E-state index contributed by atoms with van der Waals surface area (Å²) >= 11 is 2.90. The van der Waals surface area contributed by atoms with Gasteiger partial charge in [0.25, 0.3) is 0 Å². The molecule has 0 bridgehead atoms. The Morgan fingerprint density at radius 3 is 2.53 bits per heavy atom. The van der Waals surface area contributed by atoms with Crippen LogP contribution in [0.4, 0.5) is 13.2 Å². The molecule has 1 aliphatic rings. The summed E-state index contributed by atoms with van der Waals surface area (Å²) in [4.78, 5) is 11.0. The second-order valence-electron chi connectivity index (χ2n) is 2.76. The Balaban J connectivity index is 2.44. The van der Waals surface area contributed by atoms with Crippen molar-refractivity contribution in [2.24, 2.45) is 0 Å². The first kappa shape index (κ1) is 12.8. The van der Waals surface area contributed by atoms with Gasteiger partial charge >= 0.3 is 12.1 Å². The molecule has 0 aliphatic carbocycles. The number of alkyl halides is 3. The fourth-order valence-corrected chi connectivity index (χ4v) is 3.22. The summed E-state index contributed by atoms with van der Waals surface area (Å²) in [5, 5.41) is 0. The van der Waals surface area contributed by atoms with Gasteiger partial charge in [-0.1, -0.05) is 6.58 Å². The van der Waals surface area contributed by atoms with Crippen molar-refractivity contribution < 1.29 is 22.7 Å². The summed E-state index contributed by atoms with van der Waals surface area (Å²) in [7, 11) is 0. The number of thioether (sulfide) groups is 2. The van der Waals surface area contributed by atoms with E-state index in [9.17, 15) is 18.0 Å². The van der Waals surface area contributed by atoms with Gasteiger partial charge in [-0.2, -0.15) is 24.9 Å². The maximum Gasteiger partial charge on any atom is 0.422 e. The molecule has 0 aromatic heterocycles. The van der Waals surface area contributed by atoms with Crippen LogP contribution in [0.25, 0.3) is 0 Å². The van der Waals surface area contributed by atoms with Gasteiger partial charge in [0.15, 0.2) is 5.44 Å². The molecule has 0 aromatic rings. The molecule has 0 N–H and O–H groups in total. The lowest BCUT2D eigenvalue weighted by atomic mass is 10.3. The molecule has 86 valence electrons. The third-order valence-electron chi connectivity index (χ3n) is 1.61. The molecule has 1 heterocycles. The molecule has 15 heavy (non-hydrogen) atoms. The highest BCUT2D eigenvalue weighted by Crippen LogP contribution is 2.29. The van der Waals surface area contributed by atoms with Crippen molar-refractivity contribution in [3.63, 3.8) is 0 Å². The van der Waals surface area contributed by atoms with Crippen LogP contribution in [0.2, 0.25) is 0 Å². The third-order valence-corrected chi connectivity index (χ3v) is 4.19. The van der Waals surface area contributed by atoms with Crippen molar-refractivity contribution >= 4 is 29.5 Å². The first-order valence-corrected chi connectivity index (χ1v) is 6.28. The summed E-state index contributed by atoms with van der Waals surface area (Å²) in [6.45, 7) is 2.68. The number of ether oxygens (including phenoxy) is 1. The Hall–Kier alpha value is -0.300. The van der Waals surface area contributed by atoms with Gasteiger partial charge in [-0.05, 0) is 0 Å². The van der Waals surface area contributed by atoms with E-state index in [2.05, 4.69) is 11.3 Å². The highest BCUT2D eigenvalue weighted by molar-refractivity contribution is 8.06. The second-order valence-corrected chi connectivity index (χ2v) is 5.17. The van der Waals surface area contributed by atoms with Crippen LogP contribution in [0.5, 0.6) is 0 Å². The molecule has 1 unspecified atom stereocenters. The summed E-state index contributed by atoms with van der Waals surface area (Å²) in [6, 6.07) is 0. The van der Waals surface area contributed by atoms with Crippen molar-refractivity contribution in [2.75, 3.05) is 17.3 Å². The summed E-state index contributed by atoms with van der Waals surface area (Å²) in [5.74, 6) is 0.865. The SMILES string of the molecule is C=C(C(=O)OC1CSCCS1)C(F)(F)F. The standard InChI is InChI=1S/C8H9F3O2S2/c1-5(8(9,10)11)7(12)13-6-4-14-2-3-15-6/h6H,1-4H2. The first-order valence-electron chi connectivity index (χ1n) is 4.07. The van der Waals surface area contributed by atoms with E-state index in [1.54, 1.807) is 11.8 Å². The normalized spacial score (nSPS) is 22.2. The average Bonchev–Trinajstić information content (AvgIpc) is 2.16. The topological polar surface area (TPSA) is 26.3 Å². The second kappa shape index (κ2) is 5.16. The molecule has 1 saturated heterocycles. The van der Waals surface area contributed by atoms with Gasteiger partial charge in [0, 0.05) is 17.3 Å². The minimum Gasteiger partial charge on any atom is -0.447 e. The average molecular weight is 258 g/mol. The summed E-state index contributed by atoms with van der Waals surface area (Å²) in [5.41, 5.74) is -1.94. The van der Waals surface area contributed by atoms with Crippen LogP contribution in [-0.4, -0.2) is 34.8 Å². The van der Waals surface area contributed by atoms with E-state index in [0.29, 0.717) is 5.75 Å². The van der Waals surface area contributed by atoms with Crippen LogP contribution in [0.3, 0.4) is 0 Å². The predicted octanol–water partition coefficient (Wildman–Crippen LogP) is 2.45. The molecule has 7 heteroatoms. The Labute approximate surface area is 93.6 Å². The molecule has 1 atom stereocenters. The zero-order chi connectivity index (χ0) is 11.5. The van der Waals surface area contributed by atoms with Crippen molar-refractivity contribution in [1.82, 2.24) is 0 Å². The third kappa shape index (κ3) is 3.98. The molecule has 0 amide bonds. The van der Waals surface area contributed by atoms with E-state index in [0.717, 1.165) is 11.5 Å². The van der Waals surface area contributed by atoms with E-state index in [1.807, 2.05) is 0 Å². The maximum atomic E-state index is 12.0. The van der Waals surface area contributed by atoms with Crippen molar-refractivity contribution in [2.45, 2.75) is 11.6 Å². The molecule has 0 radical (unpaired) electrons. The largest absolute Gasteiger partial charge is 0.447 e. The molecule has 1 rings (SSSR count). The van der Waals surface area contributed by atoms with E-state index in [1.165, 1.54) is 11.8 Å². The summed E-state index contributed by atoms with van der Waals surface area (Å²) in [6.07, 6.45) is -4.70. The highest BCUT2D eigenvalue weighted by Gasteiger charge is 2.38. The zero-order valence-electron chi connectivity index (χ0n) is 7.67. The quantitative estimate of drug-likeness (QED) is 0.561. The smallest absolute Gasteiger partial charge is 0.422 e. The van der Waals surface area contributed by atoms with Crippen LogP contribution in [0.1, 0.15) is 0 Å². The van der Waals surface area contributed by atoms with E-state index in [-0.39, 0.29) is 0 Å².